The molecule has 0 amide bonds. The van der Waals surface area contributed by atoms with Gasteiger partial charge in [-0.15, -0.1) is 0 Å². The number of rotatable bonds is 6. The van der Waals surface area contributed by atoms with Crippen LogP contribution in [-0.4, -0.2) is 27.3 Å². The largest absolute Gasteiger partial charge is 0.469 e. The normalized spacial score (nSPS) is 11.3. The number of hydrogen-bond donors (Lipinski definition) is 0. The molecule has 100 valence electrons. The van der Waals surface area contributed by atoms with E-state index in [9.17, 15) is 4.79 Å². The lowest BCUT2D eigenvalue weighted by molar-refractivity contribution is -0.222. The number of carbonyl (C=O) groups excluding carboxylic acids is 1. The lowest BCUT2D eigenvalue weighted by Crippen LogP contribution is -2.32. The molecule has 1 rings (SSSR count). The fourth-order valence-electron chi connectivity index (χ4n) is 1.78. The monoisotopic (exact) mass is 364 g/mol. The number of esters is 1. The van der Waals surface area contributed by atoms with Crippen LogP contribution in [0.15, 0.2) is 24.3 Å². The topological polar surface area (TPSA) is 44.8 Å². The average Bonchev–Trinajstić information content (AvgIpc) is 2.41. The summed E-state index contributed by atoms with van der Waals surface area (Å²) in [6.45, 7) is 0. The SMILES string of the molecule is COC(=O)CCC(OC)(OC)c1ccccc1I. The van der Waals surface area contributed by atoms with E-state index in [0.29, 0.717) is 6.42 Å². The molecule has 5 heteroatoms. The van der Waals surface area contributed by atoms with Crippen molar-refractivity contribution >= 4 is 28.6 Å². The lowest BCUT2D eigenvalue weighted by atomic mass is 10.0. The quantitative estimate of drug-likeness (QED) is 0.442. The molecule has 0 bridgehead atoms. The summed E-state index contributed by atoms with van der Waals surface area (Å²) in [6, 6.07) is 7.77. The van der Waals surface area contributed by atoms with E-state index in [1.807, 2.05) is 24.3 Å². The van der Waals surface area contributed by atoms with E-state index in [1.165, 1.54) is 7.11 Å². The van der Waals surface area contributed by atoms with Crippen molar-refractivity contribution in [2.24, 2.45) is 0 Å². The second kappa shape index (κ2) is 7.06. The highest BCUT2D eigenvalue weighted by atomic mass is 127. The number of hydrogen-bond acceptors (Lipinski definition) is 4. The van der Waals surface area contributed by atoms with Gasteiger partial charge >= 0.3 is 5.97 Å². The van der Waals surface area contributed by atoms with E-state index < -0.39 is 5.79 Å². The second-order valence-corrected chi connectivity index (χ2v) is 4.88. The first kappa shape index (κ1) is 15.4. The van der Waals surface area contributed by atoms with Gasteiger partial charge in [0.1, 0.15) is 0 Å². The van der Waals surface area contributed by atoms with E-state index in [1.54, 1.807) is 14.2 Å². The van der Waals surface area contributed by atoms with Crippen molar-refractivity contribution in [2.75, 3.05) is 21.3 Å². The van der Waals surface area contributed by atoms with E-state index in [0.717, 1.165) is 9.13 Å². The smallest absolute Gasteiger partial charge is 0.305 e. The maximum atomic E-state index is 11.3. The number of benzene rings is 1. The van der Waals surface area contributed by atoms with Crippen molar-refractivity contribution in [3.8, 4) is 0 Å². The predicted octanol–water partition coefficient (Wildman–Crippen LogP) is 2.69. The van der Waals surface area contributed by atoms with Gasteiger partial charge in [-0.1, -0.05) is 18.2 Å². The van der Waals surface area contributed by atoms with Crippen LogP contribution in [0, 0.1) is 3.57 Å². The number of halogens is 1. The summed E-state index contributed by atoms with van der Waals surface area (Å²) in [5, 5.41) is 0. The summed E-state index contributed by atoms with van der Waals surface area (Å²) in [7, 11) is 4.52. The summed E-state index contributed by atoms with van der Waals surface area (Å²) in [5.41, 5.74) is 0.916. The molecule has 0 unspecified atom stereocenters. The summed E-state index contributed by atoms with van der Waals surface area (Å²) >= 11 is 2.22. The Balaban J connectivity index is 3.00. The molecular formula is C13H17IO4. The maximum absolute atomic E-state index is 11.3. The molecule has 18 heavy (non-hydrogen) atoms. The van der Waals surface area contributed by atoms with E-state index in [2.05, 4.69) is 27.3 Å². The maximum Gasteiger partial charge on any atom is 0.305 e. The third kappa shape index (κ3) is 3.43. The Morgan fingerprint density at radius 2 is 1.83 bits per heavy atom. The van der Waals surface area contributed by atoms with Gasteiger partial charge in [-0.2, -0.15) is 0 Å². The highest BCUT2D eigenvalue weighted by Crippen LogP contribution is 2.34. The number of methoxy groups -OCH3 is 3. The summed E-state index contributed by atoms with van der Waals surface area (Å²) in [6.07, 6.45) is 0.649. The minimum absolute atomic E-state index is 0.239. The Bertz CT molecular complexity index is 402. The molecular weight excluding hydrogens is 347 g/mol. The van der Waals surface area contributed by atoms with E-state index in [4.69, 9.17) is 9.47 Å². The average molecular weight is 364 g/mol. The zero-order chi connectivity index (χ0) is 13.6. The first-order valence-electron chi connectivity index (χ1n) is 5.51. The second-order valence-electron chi connectivity index (χ2n) is 3.72. The van der Waals surface area contributed by atoms with Gasteiger partial charge < -0.3 is 14.2 Å². The van der Waals surface area contributed by atoms with Crippen LogP contribution in [0.1, 0.15) is 18.4 Å². The molecule has 0 heterocycles. The molecule has 1 aromatic rings. The van der Waals surface area contributed by atoms with Crippen molar-refractivity contribution in [2.45, 2.75) is 18.6 Å². The Hall–Kier alpha value is -0.660. The molecule has 0 fully saturated rings. The molecule has 0 aromatic heterocycles. The van der Waals surface area contributed by atoms with Gasteiger partial charge in [-0.25, -0.2) is 0 Å². The van der Waals surface area contributed by atoms with E-state index >= 15 is 0 Å². The molecule has 0 aliphatic rings. The van der Waals surface area contributed by atoms with Crippen molar-refractivity contribution in [1.82, 2.24) is 0 Å². The summed E-state index contributed by atoms with van der Waals surface area (Å²) < 4.78 is 16.7. The molecule has 0 atom stereocenters. The van der Waals surface area contributed by atoms with Gasteiger partial charge in [-0.05, 0) is 28.7 Å². The van der Waals surface area contributed by atoms with Crippen LogP contribution in [0.5, 0.6) is 0 Å². The van der Waals surface area contributed by atoms with Crippen LogP contribution >= 0.6 is 22.6 Å². The Labute approximate surface area is 121 Å². The molecule has 0 aliphatic carbocycles. The summed E-state index contributed by atoms with van der Waals surface area (Å²) in [4.78, 5) is 11.3. The van der Waals surface area contributed by atoms with Gasteiger partial charge in [0.15, 0.2) is 5.79 Å². The van der Waals surface area contributed by atoms with Crippen LogP contribution in [-0.2, 0) is 24.8 Å². The van der Waals surface area contributed by atoms with Crippen molar-refractivity contribution < 1.29 is 19.0 Å². The predicted molar refractivity (Wildman–Crippen MR) is 76.1 cm³/mol. The number of carbonyl (C=O) groups is 1. The standard InChI is InChI=1S/C13H17IO4/c1-16-12(15)8-9-13(17-2,18-3)10-6-4-5-7-11(10)14/h4-7H,8-9H2,1-3H3. The minimum Gasteiger partial charge on any atom is -0.469 e. The minimum atomic E-state index is -0.911. The lowest BCUT2D eigenvalue weighted by Gasteiger charge is -2.31. The van der Waals surface area contributed by atoms with Crippen molar-refractivity contribution in [1.29, 1.82) is 0 Å². The molecule has 0 saturated heterocycles. The highest BCUT2D eigenvalue weighted by Gasteiger charge is 2.34. The Morgan fingerprint density at radius 3 is 2.33 bits per heavy atom. The van der Waals surface area contributed by atoms with Gasteiger partial charge in [-0.3, -0.25) is 4.79 Å². The fourth-order valence-corrected chi connectivity index (χ4v) is 2.58. The van der Waals surface area contributed by atoms with Crippen molar-refractivity contribution in [3.63, 3.8) is 0 Å². The van der Waals surface area contributed by atoms with Crippen LogP contribution in [0.4, 0.5) is 0 Å². The zero-order valence-electron chi connectivity index (χ0n) is 10.7. The molecule has 0 aliphatic heterocycles. The molecule has 0 radical (unpaired) electrons. The molecule has 0 saturated carbocycles. The zero-order valence-corrected chi connectivity index (χ0v) is 12.9. The first-order valence-corrected chi connectivity index (χ1v) is 6.59. The van der Waals surface area contributed by atoms with Gasteiger partial charge in [0.25, 0.3) is 0 Å². The van der Waals surface area contributed by atoms with Crippen LogP contribution in [0.25, 0.3) is 0 Å². The first-order chi connectivity index (χ1) is 8.59. The third-order valence-corrected chi connectivity index (χ3v) is 3.77. The fraction of sp³-hybridized carbons (Fsp3) is 0.462. The van der Waals surface area contributed by atoms with Gasteiger partial charge in [0.2, 0.25) is 0 Å². The van der Waals surface area contributed by atoms with Crippen LogP contribution in [0.2, 0.25) is 0 Å². The molecule has 0 N–H and O–H groups in total. The highest BCUT2D eigenvalue weighted by molar-refractivity contribution is 14.1. The van der Waals surface area contributed by atoms with Crippen molar-refractivity contribution in [3.05, 3.63) is 33.4 Å². The van der Waals surface area contributed by atoms with Crippen LogP contribution in [0.3, 0.4) is 0 Å². The molecule has 4 nitrogen and oxygen atoms in total. The number of ether oxygens (including phenoxy) is 3. The van der Waals surface area contributed by atoms with Crippen LogP contribution < -0.4 is 0 Å². The third-order valence-electron chi connectivity index (χ3n) is 2.83. The molecule has 0 spiro atoms. The Kier molecular flexibility index (Phi) is 6.04. The van der Waals surface area contributed by atoms with Gasteiger partial charge in [0, 0.05) is 29.8 Å². The van der Waals surface area contributed by atoms with Gasteiger partial charge in [0.05, 0.1) is 13.5 Å². The summed E-state index contributed by atoms with van der Waals surface area (Å²) in [5.74, 6) is -1.19. The Morgan fingerprint density at radius 1 is 1.22 bits per heavy atom. The van der Waals surface area contributed by atoms with E-state index in [-0.39, 0.29) is 12.4 Å². The molecule has 1 aromatic carbocycles.